The zero-order chi connectivity index (χ0) is 15.3. The minimum atomic E-state index is -1.20. The number of methoxy groups -OCH3 is 1. The van der Waals surface area contributed by atoms with Crippen LogP contribution in [0.15, 0.2) is 18.2 Å². The molecule has 20 heavy (non-hydrogen) atoms. The zero-order valence-corrected chi connectivity index (χ0v) is 11.7. The quantitative estimate of drug-likeness (QED) is 0.675. The van der Waals surface area contributed by atoms with Crippen LogP contribution in [0.1, 0.15) is 34.5 Å². The van der Waals surface area contributed by atoms with E-state index in [1.165, 1.54) is 20.1 Å². The number of rotatable bonds is 5. The molecule has 6 nitrogen and oxygen atoms in total. The summed E-state index contributed by atoms with van der Waals surface area (Å²) in [6, 6.07) is 4.72. The molecule has 2 unspecified atom stereocenters. The molecule has 0 saturated heterocycles. The Bertz CT molecular complexity index is 500. The van der Waals surface area contributed by atoms with Crippen LogP contribution in [0.25, 0.3) is 0 Å². The molecule has 0 aliphatic rings. The van der Waals surface area contributed by atoms with E-state index in [1.54, 1.807) is 19.1 Å². The second-order valence-corrected chi connectivity index (χ2v) is 4.51. The summed E-state index contributed by atoms with van der Waals surface area (Å²) in [5.74, 6) is -0.814. The van der Waals surface area contributed by atoms with Gasteiger partial charge in [-0.3, -0.25) is 4.79 Å². The van der Waals surface area contributed by atoms with Crippen LogP contribution < -0.4 is 5.32 Å². The maximum absolute atomic E-state index is 11.5. The van der Waals surface area contributed by atoms with Crippen molar-refractivity contribution >= 4 is 11.9 Å². The predicted octanol–water partition coefficient (Wildman–Crippen LogP) is 0.312. The smallest absolute Gasteiger partial charge is 0.337 e. The maximum Gasteiger partial charge on any atom is 0.337 e. The molecule has 1 amide bonds. The standard InChI is InChI=1S/C14H19NO5/c1-8-4-5-10(14(19)20-3)6-11(8)13(18)12(17)7-15-9(2)16/h4-6,12-13,17-18H,7H2,1-3H3,(H,15,16). The molecule has 0 aliphatic heterocycles. The van der Waals surface area contributed by atoms with E-state index < -0.39 is 18.2 Å². The Kier molecular flexibility index (Phi) is 5.66. The van der Waals surface area contributed by atoms with Crippen molar-refractivity contribution in [1.82, 2.24) is 5.32 Å². The van der Waals surface area contributed by atoms with Gasteiger partial charge in [0.1, 0.15) is 12.2 Å². The number of aliphatic hydroxyl groups is 2. The van der Waals surface area contributed by atoms with E-state index in [1.807, 2.05) is 0 Å². The van der Waals surface area contributed by atoms with Crippen molar-refractivity contribution in [3.63, 3.8) is 0 Å². The van der Waals surface area contributed by atoms with Crippen LogP contribution in [0.4, 0.5) is 0 Å². The lowest BCUT2D eigenvalue weighted by Gasteiger charge is -2.20. The first-order chi connectivity index (χ1) is 9.36. The fourth-order valence-electron chi connectivity index (χ4n) is 1.77. The minimum Gasteiger partial charge on any atom is -0.465 e. The molecule has 0 radical (unpaired) electrons. The van der Waals surface area contributed by atoms with Crippen LogP contribution in [0, 0.1) is 6.92 Å². The Morgan fingerprint density at radius 1 is 1.35 bits per heavy atom. The number of hydrogen-bond donors (Lipinski definition) is 3. The summed E-state index contributed by atoms with van der Waals surface area (Å²) in [5, 5.41) is 22.4. The fraction of sp³-hybridized carbons (Fsp3) is 0.429. The molecule has 110 valence electrons. The highest BCUT2D eigenvalue weighted by Gasteiger charge is 2.21. The molecule has 1 aromatic carbocycles. The van der Waals surface area contributed by atoms with Gasteiger partial charge < -0.3 is 20.3 Å². The van der Waals surface area contributed by atoms with E-state index in [-0.39, 0.29) is 12.5 Å². The van der Waals surface area contributed by atoms with E-state index in [2.05, 4.69) is 10.1 Å². The average Bonchev–Trinajstić information content (AvgIpc) is 2.43. The number of aliphatic hydroxyl groups excluding tert-OH is 2. The Hall–Kier alpha value is -1.92. The van der Waals surface area contributed by atoms with Gasteiger partial charge in [0.05, 0.1) is 12.7 Å². The highest BCUT2D eigenvalue weighted by molar-refractivity contribution is 5.89. The molecule has 6 heteroatoms. The number of amides is 1. The van der Waals surface area contributed by atoms with Crippen LogP contribution >= 0.6 is 0 Å². The van der Waals surface area contributed by atoms with Crippen LogP contribution in [-0.4, -0.2) is 41.8 Å². The van der Waals surface area contributed by atoms with Gasteiger partial charge in [0, 0.05) is 13.5 Å². The number of carbonyl (C=O) groups is 2. The van der Waals surface area contributed by atoms with Gasteiger partial charge in [-0.1, -0.05) is 6.07 Å². The number of esters is 1. The SMILES string of the molecule is COC(=O)c1ccc(C)c(C(O)C(O)CNC(C)=O)c1. The number of carbonyl (C=O) groups excluding carboxylic acids is 2. The normalized spacial score (nSPS) is 13.4. The van der Waals surface area contributed by atoms with Gasteiger partial charge in [-0.15, -0.1) is 0 Å². The lowest BCUT2D eigenvalue weighted by atomic mass is 9.97. The lowest BCUT2D eigenvalue weighted by Crippen LogP contribution is -2.34. The number of benzene rings is 1. The molecule has 1 aromatic rings. The number of nitrogens with one attached hydrogen (secondary N) is 1. The Balaban J connectivity index is 2.93. The van der Waals surface area contributed by atoms with Gasteiger partial charge in [0.25, 0.3) is 0 Å². The van der Waals surface area contributed by atoms with E-state index in [4.69, 9.17) is 0 Å². The molecule has 0 heterocycles. The zero-order valence-electron chi connectivity index (χ0n) is 11.7. The van der Waals surface area contributed by atoms with E-state index in [0.29, 0.717) is 11.1 Å². The predicted molar refractivity (Wildman–Crippen MR) is 72.2 cm³/mol. The van der Waals surface area contributed by atoms with E-state index >= 15 is 0 Å². The number of ether oxygens (including phenoxy) is 1. The van der Waals surface area contributed by atoms with Crippen LogP contribution in [0.3, 0.4) is 0 Å². The van der Waals surface area contributed by atoms with Gasteiger partial charge in [-0.25, -0.2) is 4.79 Å². The summed E-state index contributed by atoms with van der Waals surface area (Å²) in [5.41, 5.74) is 1.44. The first-order valence-electron chi connectivity index (χ1n) is 6.16. The molecule has 1 rings (SSSR count). The third-order valence-corrected chi connectivity index (χ3v) is 2.94. The topological polar surface area (TPSA) is 95.9 Å². The van der Waals surface area contributed by atoms with Crippen LogP contribution in [0.5, 0.6) is 0 Å². The molecule has 0 bridgehead atoms. The summed E-state index contributed by atoms with van der Waals surface area (Å²) < 4.78 is 4.61. The highest BCUT2D eigenvalue weighted by atomic mass is 16.5. The van der Waals surface area contributed by atoms with Crippen molar-refractivity contribution in [1.29, 1.82) is 0 Å². The number of hydrogen-bond acceptors (Lipinski definition) is 5. The average molecular weight is 281 g/mol. The molecule has 3 N–H and O–H groups in total. The largest absolute Gasteiger partial charge is 0.465 e. The summed E-state index contributed by atoms with van der Waals surface area (Å²) in [7, 11) is 1.27. The van der Waals surface area contributed by atoms with E-state index in [9.17, 15) is 19.8 Å². The van der Waals surface area contributed by atoms with Gasteiger partial charge >= 0.3 is 5.97 Å². The molecule has 2 atom stereocenters. The van der Waals surface area contributed by atoms with Crippen molar-refractivity contribution in [2.75, 3.05) is 13.7 Å². The fourth-order valence-corrected chi connectivity index (χ4v) is 1.77. The Labute approximate surface area is 117 Å². The lowest BCUT2D eigenvalue weighted by molar-refractivity contribution is -0.119. The Morgan fingerprint density at radius 2 is 2.00 bits per heavy atom. The summed E-state index contributed by atoms with van der Waals surface area (Å²) in [6.07, 6.45) is -2.36. The second kappa shape index (κ2) is 7.02. The molecule has 0 spiro atoms. The van der Waals surface area contributed by atoms with Gasteiger partial charge in [0.15, 0.2) is 0 Å². The third-order valence-electron chi connectivity index (χ3n) is 2.94. The molecular weight excluding hydrogens is 262 g/mol. The Morgan fingerprint density at radius 3 is 2.55 bits per heavy atom. The van der Waals surface area contributed by atoms with Crippen LogP contribution in [-0.2, 0) is 9.53 Å². The van der Waals surface area contributed by atoms with Crippen molar-refractivity contribution in [2.45, 2.75) is 26.1 Å². The van der Waals surface area contributed by atoms with Crippen LogP contribution in [0.2, 0.25) is 0 Å². The molecular formula is C14H19NO5. The van der Waals surface area contributed by atoms with Crippen molar-refractivity contribution < 1.29 is 24.5 Å². The third kappa shape index (κ3) is 4.04. The minimum absolute atomic E-state index is 0.0710. The van der Waals surface area contributed by atoms with Gasteiger partial charge in [0.2, 0.25) is 5.91 Å². The highest BCUT2D eigenvalue weighted by Crippen LogP contribution is 2.22. The van der Waals surface area contributed by atoms with Gasteiger partial charge in [-0.05, 0) is 30.2 Å². The maximum atomic E-state index is 11.5. The molecule has 0 saturated carbocycles. The number of aryl methyl sites for hydroxylation is 1. The summed E-state index contributed by atoms with van der Waals surface area (Å²) >= 11 is 0. The van der Waals surface area contributed by atoms with Gasteiger partial charge in [-0.2, -0.15) is 0 Å². The molecule has 0 fully saturated rings. The summed E-state index contributed by atoms with van der Waals surface area (Å²) in [6.45, 7) is 3.01. The van der Waals surface area contributed by atoms with E-state index in [0.717, 1.165) is 5.56 Å². The van der Waals surface area contributed by atoms with Crippen molar-refractivity contribution in [2.24, 2.45) is 0 Å². The summed E-state index contributed by atoms with van der Waals surface area (Å²) in [4.78, 5) is 22.3. The van der Waals surface area contributed by atoms with Crippen molar-refractivity contribution in [3.8, 4) is 0 Å². The first-order valence-corrected chi connectivity index (χ1v) is 6.16. The van der Waals surface area contributed by atoms with Crippen molar-refractivity contribution in [3.05, 3.63) is 34.9 Å². The molecule has 0 aromatic heterocycles. The first kappa shape index (κ1) is 16.1. The molecule has 0 aliphatic carbocycles. The second-order valence-electron chi connectivity index (χ2n) is 4.51. The monoisotopic (exact) mass is 281 g/mol.